The van der Waals surface area contributed by atoms with Crippen LogP contribution in [-0.2, 0) is 0 Å². The largest absolute Gasteiger partial charge is 0.454 e. The molecule has 2 aromatic heterocycles. The van der Waals surface area contributed by atoms with Crippen LogP contribution in [0.5, 0.6) is 0 Å². The third-order valence-electron chi connectivity index (χ3n) is 4.82. The zero-order chi connectivity index (χ0) is 21.8. The van der Waals surface area contributed by atoms with Gasteiger partial charge in [0.25, 0.3) is 5.69 Å². The fourth-order valence-corrected chi connectivity index (χ4v) is 4.04. The predicted molar refractivity (Wildman–Crippen MR) is 124 cm³/mol. The fraction of sp³-hybridized carbons (Fsp3) is 0.217. The molecule has 0 aliphatic rings. The Morgan fingerprint density at radius 3 is 2.74 bits per heavy atom. The van der Waals surface area contributed by atoms with Gasteiger partial charge in [-0.05, 0) is 38.0 Å². The van der Waals surface area contributed by atoms with Gasteiger partial charge in [0.1, 0.15) is 17.0 Å². The number of aromatic nitrogens is 1. The molecule has 0 bridgehead atoms. The molecule has 0 amide bonds. The molecule has 0 saturated heterocycles. The van der Waals surface area contributed by atoms with Crippen molar-refractivity contribution >= 4 is 39.4 Å². The summed E-state index contributed by atoms with van der Waals surface area (Å²) in [5.41, 5.74) is 2.76. The van der Waals surface area contributed by atoms with Gasteiger partial charge >= 0.3 is 0 Å². The highest BCUT2D eigenvalue weighted by Gasteiger charge is 2.16. The summed E-state index contributed by atoms with van der Waals surface area (Å²) in [4.78, 5) is 16.1. The topological polar surface area (TPSA) is 85.9 Å². The van der Waals surface area contributed by atoms with Gasteiger partial charge in [0, 0.05) is 22.5 Å². The van der Waals surface area contributed by atoms with Crippen LogP contribution in [0.3, 0.4) is 0 Å². The van der Waals surface area contributed by atoms with E-state index in [4.69, 9.17) is 9.52 Å². The molecule has 0 radical (unpaired) electrons. The Morgan fingerprint density at radius 2 is 1.97 bits per heavy atom. The van der Waals surface area contributed by atoms with Gasteiger partial charge in [-0.25, -0.2) is 9.67 Å². The lowest BCUT2D eigenvalue weighted by atomic mass is 10.2. The molecule has 0 aliphatic heterocycles. The summed E-state index contributed by atoms with van der Waals surface area (Å²) < 4.78 is 7.78. The summed E-state index contributed by atoms with van der Waals surface area (Å²) in [5, 5.41) is 19.1. The van der Waals surface area contributed by atoms with Gasteiger partial charge in [-0.15, -0.1) is 11.3 Å². The van der Waals surface area contributed by atoms with Crippen molar-refractivity contribution in [3.8, 4) is 11.5 Å². The highest BCUT2D eigenvalue weighted by atomic mass is 32.1. The van der Waals surface area contributed by atoms with Crippen LogP contribution in [0.15, 0.2) is 74.5 Å². The Balaban J connectivity index is 1.89. The van der Waals surface area contributed by atoms with E-state index in [0.717, 1.165) is 41.6 Å². The van der Waals surface area contributed by atoms with E-state index in [9.17, 15) is 10.1 Å². The van der Waals surface area contributed by atoms with Crippen molar-refractivity contribution in [1.82, 2.24) is 4.68 Å². The zero-order valence-corrected chi connectivity index (χ0v) is 18.1. The Labute approximate surface area is 183 Å². The Hall–Kier alpha value is -3.52. The third-order valence-corrected chi connectivity index (χ3v) is 5.64. The highest BCUT2D eigenvalue weighted by Crippen LogP contribution is 2.29. The number of hydrogen-bond acceptors (Lipinski definition) is 6. The second-order valence-corrected chi connectivity index (χ2v) is 8.00. The normalized spacial score (nSPS) is 12.6. The number of nitrogens with zero attached hydrogens (tertiary/aromatic N) is 4. The molecule has 2 heterocycles. The van der Waals surface area contributed by atoms with E-state index >= 15 is 0 Å². The van der Waals surface area contributed by atoms with E-state index in [1.807, 2.05) is 42.6 Å². The van der Waals surface area contributed by atoms with Crippen molar-refractivity contribution in [3.05, 3.63) is 74.9 Å². The van der Waals surface area contributed by atoms with E-state index in [1.165, 1.54) is 17.4 Å². The van der Waals surface area contributed by atoms with Gasteiger partial charge in [-0.2, -0.15) is 5.10 Å². The van der Waals surface area contributed by atoms with E-state index in [2.05, 4.69) is 11.9 Å². The quantitative estimate of drug-likeness (QED) is 0.188. The predicted octanol–water partition coefficient (Wildman–Crippen LogP) is 6.52. The minimum absolute atomic E-state index is 0.0422. The molecule has 8 heteroatoms. The van der Waals surface area contributed by atoms with Crippen LogP contribution in [0.25, 0.3) is 22.4 Å². The number of nitro benzene ring substituents is 1. The number of para-hydroxylation sites is 3. The van der Waals surface area contributed by atoms with Crippen molar-refractivity contribution in [2.24, 2.45) is 10.1 Å². The van der Waals surface area contributed by atoms with Gasteiger partial charge in [0.15, 0.2) is 5.76 Å². The van der Waals surface area contributed by atoms with Crippen molar-refractivity contribution in [1.29, 1.82) is 0 Å². The second kappa shape index (κ2) is 9.09. The molecule has 158 valence electrons. The second-order valence-electron chi connectivity index (χ2n) is 7.16. The van der Waals surface area contributed by atoms with Crippen molar-refractivity contribution < 1.29 is 9.34 Å². The van der Waals surface area contributed by atoms with Crippen molar-refractivity contribution in [3.63, 3.8) is 0 Å². The molecule has 4 rings (SSSR count). The molecule has 4 aromatic rings. The summed E-state index contributed by atoms with van der Waals surface area (Å²) in [6, 6.07) is 16.2. The smallest absolute Gasteiger partial charge is 0.294 e. The molecule has 0 N–H and O–H groups in total. The minimum Gasteiger partial charge on any atom is -0.454 e. The average molecular weight is 435 g/mol. The average Bonchev–Trinajstić information content (AvgIpc) is 3.36. The zero-order valence-electron chi connectivity index (χ0n) is 17.3. The van der Waals surface area contributed by atoms with E-state index < -0.39 is 4.92 Å². The fourth-order valence-electron chi connectivity index (χ4n) is 3.22. The molecular formula is C23H22N4O3S. The van der Waals surface area contributed by atoms with E-state index in [0.29, 0.717) is 16.2 Å². The maximum absolute atomic E-state index is 11.4. The molecule has 0 spiro atoms. The molecule has 2 aromatic carbocycles. The first-order chi connectivity index (χ1) is 15.1. The third kappa shape index (κ3) is 4.49. The number of rotatable bonds is 7. The summed E-state index contributed by atoms with van der Waals surface area (Å²) in [6.45, 7) is 4.12. The summed E-state index contributed by atoms with van der Waals surface area (Å²) in [6.07, 6.45) is 2.98. The number of benzene rings is 2. The molecular weight excluding hydrogens is 412 g/mol. The van der Waals surface area contributed by atoms with Crippen LogP contribution in [0.2, 0.25) is 0 Å². The first-order valence-electron chi connectivity index (χ1n) is 10.1. The number of unbranched alkanes of at least 4 members (excludes halogenated alkanes) is 1. The lowest BCUT2D eigenvalue weighted by molar-refractivity contribution is -0.384. The van der Waals surface area contributed by atoms with Crippen LogP contribution >= 0.6 is 11.3 Å². The maximum Gasteiger partial charge on any atom is 0.294 e. The van der Waals surface area contributed by atoms with Crippen LogP contribution in [0, 0.1) is 10.1 Å². The molecule has 0 atom stereocenters. The van der Waals surface area contributed by atoms with Gasteiger partial charge in [0.2, 0.25) is 4.80 Å². The van der Waals surface area contributed by atoms with Gasteiger partial charge < -0.3 is 4.42 Å². The van der Waals surface area contributed by atoms with Crippen molar-refractivity contribution in [2.75, 3.05) is 0 Å². The number of thiazole rings is 1. The summed E-state index contributed by atoms with van der Waals surface area (Å²) >= 11 is 1.37. The molecule has 0 unspecified atom stereocenters. The Kier molecular flexibility index (Phi) is 6.08. The highest BCUT2D eigenvalue weighted by molar-refractivity contribution is 7.07. The molecule has 7 nitrogen and oxygen atoms in total. The van der Waals surface area contributed by atoms with Crippen molar-refractivity contribution in [2.45, 2.75) is 33.1 Å². The number of furan rings is 1. The number of hydrogen-bond donors (Lipinski definition) is 0. The van der Waals surface area contributed by atoms with Crippen LogP contribution in [0.1, 0.15) is 33.1 Å². The number of nitro groups is 1. The standard InChI is InChI=1S/C23H22N4O3S/c1-3-4-9-16(2)25-26-20(22-14-17-10-5-8-13-21(17)30-22)15-31-23(26)24-18-11-6-7-12-19(18)27(28)29/h5-8,10-15H,3-4,9H2,1-2H3. The summed E-state index contributed by atoms with van der Waals surface area (Å²) in [7, 11) is 0. The van der Waals surface area contributed by atoms with E-state index in [1.54, 1.807) is 22.9 Å². The van der Waals surface area contributed by atoms with Crippen LogP contribution in [-0.4, -0.2) is 15.3 Å². The van der Waals surface area contributed by atoms with Gasteiger partial charge in [-0.3, -0.25) is 10.1 Å². The summed E-state index contributed by atoms with van der Waals surface area (Å²) in [5.74, 6) is 0.675. The molecule has 0 aliphatic carbocycles. The molecule has 0 saturated carbocycles. The minimum atomic E-state index is -0.424. The monoisotopic (exact) mass is 434 g/mol. The van der Waals surface area contributed by atoms with Crippen LogP contribution in [0.4, 0.5) is 11.4 Å². The Morgan fingerprint density at radius 1 is 1.19 bits per heavy atom. The number of fused-ring (bicyclic) bond motifs is 1. The van der Waals surface area contributed by atoms with Gasteiger partial charge in [-0.1, -0.05) is 43.7 Å². The lowest BCUT2D eigenvalue weighted by Crippen LogP contribution is -2.13. The first-order valence-corrected chi connectivity index (χ1v) is 11.0. The van der Waals surface area contributed by atoms with Gasteiger partial charge in [0.05, 0.1) is 4.92 Å². The SMILES string of the molecule is CCCCC(C)=Nn1c(-c2cc3ccccc3o2)csc1=Nc1ccccc1[N+](=O)[O-]. The van der Waals surface area contributed by atoms with E-state index in [-0.39, 0.29) is 5.69 Å². The van der Waals surface area contributed by atoms with Crippen LogP contribution < -0.4 is 4.80 Å². The molecule has 0 fully saturated rings. The Bertz CT molecular complexity index is 1300. The molecule has 31 heavy (non-hydrogen) atoms. The maximum atomic E-state index is 11.4. The lowest BCUT2D eigenvalue weighted by Gasteiger charge is -2.04. The first kappa shape index (κ1) is 20.7.